The van der Waals surface area contributed by atoms with E-state index in [0.717, 1.165) is 13.1 Å². The smallest absolute Gasteiger partial charge is 0.0470 e. The van der Waals surface area contributed by atoms with Crippen LogP contribution in [0, 0.1) is 0 Å². The molecule has 0 aliphatic rings. The minimum atomic E-state index is 0.191. The summed E-state index contributed by atoms with van der Waals surface area (Å²) in [7, 11) is 0. The highest BCUT2D eigenvalue weighted by molar-refractivity contribution is 5.73. The van der Waals surface area contributed by atoms with Crippen LogP contribution in [0.1, 0.15) is 76.3 Å². The second-order valence-corrected chi connectivity index (χ2v) is 10.9. The number of benzene rings is 2. The molecule has 1 heterocycles. The number of rotatable bonds is 7. The first-order chi connectivity index (χ1) is 15.6. The Labute approximate surface area is 201 Å². The monoisotopic (exact) mass is 440 g/mol. The maximum atomic E-state index is 3.43. The largest absolute Gasteiger partial charge is 0.387 e. The topological polar surface area (TPSA) is 17.0 Å². The Hall–Kier alpha value is -3.00. The third-order valence-corrected chi connectivity index (χ3v) is 6.09. The van der Waals surface area contributed by atoms with Gasteiger partial charge in [-0.3, -0.25) is 0 Å². The molecule has 0 radical (unpaired) electrons. The molecule has 0 amide bonds. The zero-order valence-corrected chi connectivity index (χ0v) is 21.4. The van der Waals surface area contributed by atoms with Crippen molar-refractivity contribution in [2.45, 2.75) is 72.4 Å². The van der Waals surface area contributed by atoms with Crippen LogP contribution in [0.4, 0.5) is 0 Å². The lowest BCUT2D eigenvalue weighted by atomic mass is 9.87. The summed E-state index contributed by atoms with van der Waals surface area (Å²) >= 11 is 0. The summed E-state index contributed by atoms with van der Waals surface area (Å²) in [6, 6.07) is 20.1. The lowest BCUT2D eigenvalue weighted by Gasteiger charge is -2.19. The zero-order valence-electron chi connectivity index (χ0n) is 21.4. The number of aromatic nitrogens is 1. The fourth-order valence-corrected chi connectivity index (χ4v) is 3.84. The van der Waals surface area contributed by atoms with Crippen molar-refractivity contribution >= 4 is 5.57 Å². The molecule has 0 spiro atoms. The van der Waals surface area contributed by atoms with Crippen LogP contribution < -0.4 is 5.32 Å². The molecule has 0 bridgehead atoms. The van der Waals surface area contributed by atoms with Crippen LogP contribution >= 0.6 is 0 Å². The Kier molecular flexibility index (Phi) is 7.68. The van der Waals surface area contributed by atoms with Crippen LogP contribution in [0.25, 0.3) is 5.57 Å². The summed E-state index contributed by atoms with van der Waals surface area (Å²) in [5.74, 6) is 0. The third kappa shape index (κ3) is 6.99. The van der Waals surface area contributed by atoms with Gasteiger partial charge in [0.1, 0.15) is 0 Å². The van der Waals surface area contributed by atoms with Crippen molar-refractivity contribution in [2.75, 3.05) is 0 Å². The van der Waals surface area contributed by atoms with E-state index in [1.807, 2.05) is 0 Å². The molecule has 2 nitrogen and oxygen atoms in total. The lowest BCUT2D eigenvalue weighted by molar-refractivity contribution is 0.589. The van der Waals surface area contributed by atoms with Gasteiger partial charge in [-0.15, -0.1) is 0 Å². The molecular weight excluding hydrogens is 400 g/mol. The number of nitrogens with one attached hydrogen (secondary N) is 1. The molecule has 0 aliphatic carbocycles. The first kappa shape index (κ1) is 24.6. The van der Waals surface area contributed by atoms with Crippen molar-refractivity contribution in [2.24, 2.45) is 0 Å². The minimum Gasteiger partial charge on any atom is -0.387 e. The van der Waals surface area contributed by atoms with E-state index >= 15 is 0 Å². The molecule has 0 unspecified atom stereocenters. The van der Waals surface area contributed by atoms with Crippen LogP contribution in [-0.4, -0.2) is 4.57 Å². The molecule has 0 atom stereocenters. The van der Waals surface area contributed by atoms with Crippen molar-refractivity contribution < 1.29 is 0 Å². The van der Waals surface area contributed by atoms with Gasteiger partial charge in [0.05, 0.1) is 0 Å². The predicted molar refractivity (Wildman–Crippen MR) is 143 cm³/mol. The fraction of sp³-hybridized carbons (Fsp3) is 0.355. The van der Waals surface area contributed by atoms with E-state index in [2.05, 4.69) is 144 Å². The Bertz CT molecular complexity index is 1080. The van der Waals surface area contributed by atoms with Crippen LogP contribution in [0.2, 0.25) is 0 Å². The van der Waals surface area contributed by atoms with Gasteiger partial charge in [0, 0.05) is 25.5 Å². The van der Waals surface area contributed by atoms with Crippen molar-refractivity contribution in [3.05, 3.63) is 113 Å². The third-order valence-electron chi connectivity index (χ3n) is 6.09. The first-order valence-electron chi connectivity index (χ1n) is 12.0. The van der Waals surface area contributed by atoms with E-state index in [9.17, 15) is 0 Å². The van der Waals surface area contributed by atoms with Crippen LogP contribution in [0.5, 0.6) is 0 Å². The predicted octanol–water partition coefficient (Wildman–Crippen LogP) is 7.84. The summed E-state index contributed by atoms with van der Waals surface area (Å²) in [4.78, 5) is 0. The molecule has 1 aromatic heterocycles. The second-order valence-electron chi connectivity index (χ2n) is 10.9. The summed E-state index contributed by atoms with van der Waals surface area (Å²) in [5.41, 5.74) is 8.19. The summed E-state index contributed by atoms with van der Waals surface area (Å²) < 4.78 is 2.25. The number of allylic oxidation sites excluding steroid dienone is 3. The van der Waals surface area contributed by atoms with E-state index < -0.39 is 0 Å². The molecule has 2 aromatic carbocycles. The van der Waals surface area contributed by atoms with E-state index in [4.69, 9.17) is 0 Å². The van der Waals surface area contributed by atoms with Gasteiger partial charge in [-0.05, 0) is 69.5 Å². The molecule has 0 saturated carbocycles. The van der Waals surface area contributed by atoms with Crippen molar-refractivity contribution in [1.82, 2.24) is 9.88 Å². The van der Waals surface area contributed by atoms with Gasteiger partial charge in [-0.2, -0.15) is 0 Å². The highest BCUT2D eigenvalue weighted by atomic mass is 14.9. The SMILES string of the molecule is C/C=C(\C=C/NCc1ccc(C(C)(C)C)cc1)c1ccn(Cc2ccc(C(C)(C)C)cc2)c1. The van der Waals surface area contributed by atoms with Gasteiger partial charge in [0.25, 0.3) is 0 Å². The first-order valence-corrected chi connectivity index (χ1v) is 12.0. The minimum absolute atomic E-state index is 0.191. The molecule has 33 heavy (non-hydrogen) atoms. The van der Waals surface area contributed by atoms with Crippen LogP contribution in [0.3, 0.4) is 0 Å². The van der Waals surface area contributed by atoms with Crippen LogP contribution in [-0.2, 0) is 23.9 Å². The van der Waals surface area contributed by atoms with Crippen molar-refractivity contribution in [3.63, 3.8) is 0 Å². The highest BCUT2D eigenvalue weighted by Gasteiger charge is 2.13. The number of hydrogen-bond donors (Lipinski definition) is 1. The Morgan fingerprint density at radius 3 is 1.85 bits per heavy atom. The Morgan fingerprint density at radius 1 is 0.788 bits per heavy atom. The normalized spacial score (nSPS) is 13.0. The van der Waals surface area contributed by atoms with Gasteiger partial charge in [0.15, 0.2) is 0 Å². The maximum Gasteiger partial charge on any atom is 0.0470 e. The molecule has 0 fully saturated rings. The Morgan fingerprint density at radius 2 is 1.33 bits per heavy atom. The van der Waals surface area contributed by atoms with Gasteiger partial charge >= 0.3 is 0 Å². The molecule has 1 N–H and O–H groups in total. The summed E-state index contributed by atoms with van der Waals surface area (Å²) in [5, 5.41) is 3.43. The van der Waals surface area contributed by atoms with Gasteiger partial charge < -0.3 is 9.88 Å². The number of nitrogens with zero attached hydrogens (tertiary/aromatic N) is 1. The summed E-state index contributed by atoms with van der Waals surface area (Å²) in [6.45, 7) is 17.3. The molecule has 3 aromatic rings. The van der Waals surface area contributed by atoms with E-state index in [0.29, 0.717) is 0 Å². The van der Waals surface area contributed by atoms with Gasteiger partial charge in [0.2, 0.25) is 0 Å². The van der Waals surface area contributed by atoms with E-state index in [1.165, 1.54) is 33.4 Å². The second kappa shape index (κ2) is 10.3. The zero-order chi connectivity index (χ0) is 24.1. The standard InChI is InChI=1S/C31H40N2/c1-8-26(17-19-32-21-24-9-13-28(14-10-24)30(2,3)4)27-18-20-33(23-27)22-25-11-15-29(16-12-25)31(5,6)7/h8-20,23,32H,21-22H2,1-7H3/b19-17-,26-8+. The molecule has 2 heteroatoms. The Balaban J connectivity index is 1.56. The summed E-state index contributed by atoms with van der Waals surface area (Å²) in [6.07, 6.45) is 10.8. The fourth-order valence-electron chi connectivity index (χ4n) is 3.84. The van der Waals surface area contributed by atoms with Crippen LogP contribution in [0.15, 0.2) is 85.3 Å². The molecule has 174 valence electrons. The lowest BCUT2D eigenvalue weighted by Crippen LogP contribution is -2.11. The van der Waals surface area contributed by atoms with E-state index in [1.54, 1.807) is 0 Å². The van der Waals surface area contributed by atoms with Gasteiger partial charge in [-0.25, -0.2) is 0 Å². The maximum absolute atomic E-state index is 3.43. The molecule has 0 aliphatic heterocycles. The average Bonchev–Trinajstić information content (AvgIpc) is 3.21. The molecular formula is C31H40N2. The molecule has 0 saturated heterocycles. The molecule has 3 rings (SSSR count). The van der Waals surface area contributed by atoms with E-state index in [-0.39, 0.29) is 10.8 Å². The quantitative estimate of drug-likeness (QED) is 0.370. The average molecular weight is 441 g/mol. The van der Waals surface area contributed by atoms with Crippen molar-refractivity contribution in [3.8, 4) is 0 Å². The van der Waals surface area contributed by atoms with Gasteiger partial charge in [-0.1, -0.05) is 96.1 Å². The van der Waals surface area contributed by atoms with Crippen molar-refractivity contribution in [1.29, 1.82) is 0 Å². The number of hydrogen-bond acceptors (Lipinski definition) is 1. The highest BCUT2D eigenvalue weighted by Crippen LogP contribution is 2.24.